The van der Waals surface area contributed by atoms with Crippen LogP contribution in [0.25, 0.3) is 10.2 Å². The second-order valence-corrected chi connectivity index (χ2v) is 7.36. The van der Waals surface area contributed by atoms with E-state index in [1.165, 1.54) is 5.56 Å². The van der Waals surface area contributed by atoms with Crippen molar-refractivity contribution in [3.8, 4) is 5.75 Å². The Morgan fingerprint density at radius 3 is 3.14 bits per heavy atom. The van der Waals surface area contributed by atoms with Gasteiger partial charge in [-0.2, -0.15) is 0 Å². The van der Waals surface area contributed by atoms with Crippen LogP contribution in [-0.4, -0.2) is 17.3 Å². The Hall–Kier alpha value is -1.72. The molecular weight excluding hydrogens is 300 g/mol. The first-order valence-corrected chi connectivity index (χ1v) is 8.60. The minimum atomic E-state index is 0.447. The molecule has 3 aromatic rings. The third-order valence-electron chi connectivity index (χ3n) is 3.60. The Labute approximate surface area is 131 Å². The van der Waals surface area contributed by atoms with Gasteiger partial charge in [0.25, 0.3) is 0 Å². The highest BCUT2D eigenvalue weighted by Crippen LogP contribution is 2.38. The van der Waals surface area contributed by atoms with Gasteiger partial charge in [0.1, 0.15) is 5.75 Å². The summed E-state index contributed by atoms with van der Waals surface area (Å²) in [6, 6.07) is 14.2. The van der Waals surface area contributed by atoms with Crippen LogP contribution in [0.15, 0.2) is 46.8 Å². The molecule has 0 bridgehead atoms. The molecule has 1 unspecified atom stereocenters. The number of thiazole rings is 1. The molecule has 0 spiro atoms. The van der Waals surface area contributed by atoms with E-state index in [-0.39, 0.29) is 0 Å². The number of hydrogen-bond acceptors (Lipinski definition) is 5. The summed E-state index contributed by atoms with van der Waals surface area (Å²) >= 11 is 3.51. The number of ether oxygens (including phenoxy) is 1. The molecule has 2 N–H and O–H groups in total. The van der Waals surface area contributed by atoms with Gasteiger partial charge in [-0.3, -0.25) is 0 Å². The highest BCUT2D eigenvalue weighted by Gasteiger charge is 2.24. The van der Waals surface area contributed by atoms with Crippen LogP contribution in [0.2, 0.25) is 0 Å². The van der Waals surface area contributed by atoms with Crippen LogP contribution in [0.4, 0.5) is 5.69 Å². The molecule has 2 heterocycles. The monoisotopic (exact) mass is 314 g/mol. The highest BCUT2D eigenvalue weighted by atomic mass is 32.2. The van der Waals surface area contributed by atoms with Crippen LogP contribution in [0, 0.1) is 0 Å². The molecular formula is C16H14N2OS2. The summed E-state index contributed by atoms with van der Waals surface area (Å²) in [5, 5.41) is 0. The van der Waals surface area contributed by atoms with Crippen molar-refractivity contribution < 1.29 is 4.74 Å². The first-order chi connectivity index (χ1) is 10.3. The van der Waals surface area contributed by atoms with Gasteiger partial charge in [0.05, 0.1) is 16.8 Å². The normalized spacial score (nSPS) is 16.9. The first-order valence-electron chi connectivity index (χ1n) is 6.80. The Morgan fingerprint density at radius 2 is 2.19 bits per heavy atom. The zero-order valence-electron chi connectivity index (χ0n) is 11.3. The van der Waals surface area contributed by atoms with Crippen molar-refractivity contribution in [1.29, 1.82) is 0 Å². The van der Waals surface area contributed by atoms with Gasteiger partial charge in [0, 0.05) is 22.9 Å². The molecule has 0 radical (unpaired) electrons. The minimum Gasteiger partial charge on any atom is -0.493 e. The van der Waals surface area contributed by atoms with Crippen molar-refractivity contribution in [2.24, 2.45) is 0 Å². The number of thioether (sulfide) groups is 1. The minimum absolute atomic E-state index is 0.447. The fraction of sp³-hybridized carbons (Fsp3) is 0.188. The Bertz CT molecular complexity index is 800. The molecule has 106 valence electrons. The lowest BCUT2D eigenvalue weighted by Gasteiger charge is -2.06. The number of benzene rings is 2. The highest BCUT2D eigenvalue weighted by molar-refractivity contribution is 8.01. The molecule has 4 rings (SSSR count). The summed E-state index contributed by atoms with van der Waals surface area (Å²) in [4.78, 5) is 4.66. The molecule has 5 heteroatoms. The van der Waals surface area contributed by atoms with Gasteiger partial charge in [-0.15, -0.1) is 11.3 Å². The standard InChI is InChI=1S/C16H14N2OS2/c17-11-5-6-13-15(7-11)21-16(18-13)20-9-10-8-19-14-4-2-1-3-12(10)14/h1-7,10H,8-9,17H2. The van der Waals surface area contributed by atoms with Crippen molar-refractivity contribution >= 4 is 39.0 Å². The lowest BCUT2D eigenvalue weighted by atomic mass is 10.0. The molecule has 0 aliphatic carbocycles. The second kappa shape index (κ2) is 5.24. The van der Waals surface area contributed by atoms with Crippen LogP contribution < -0.4 is 10.5 Å². The molecule has 21 heavy (non-hydrogen) atoms. The maximum atomic E-state index is 5.82. The zero-order chi connectivity index (χ0) is 14.2. The average Bonchev–Trinajstić information content (AvgIpc) is 3.08. The summed E-state index contributed by atoms with van der Waals surface area (Å²) in [7, 11) is 0. The maximum Gasteiger partial charge on any atom is 0.151 e. The summed E-state index contributed by atoms with van der Waals surface area (Å²) in [5.74, 6) is 2.47. The number of fused-ring (bicyclic) bond motifs is 2. The molecule has 3 nitrogen and oxygen atoms in total. The predicted octanol–water partition coefficient (Wildman–Crippen LogP) is 4.15. The first kappa shape index (κ1) is 13.0. The van der Waals surface area contributed by atoms with E-state index in [9.17, 15) is 0 Å². The summed E-state index contributed by atoms with van der Waals surface area (Å²) in [5.41, 5.74) is 8.95. The van der Waals surface area contributed by atoms with E-state index < -0.39 is 0 Å². The van der Waals surface area contributed by atoms with Gasteiger partial charge >= 0.3 is 0 Å². The molecule has 0 saturated carbocycles. The molecule has 0 amide bonds. The van der Waals surface area contributed by atoms with Gasteiger partial charge in [0.2, 0.25) is 0 Å². The number of nitrogens with zero attached hydrogens (tertiary/aromatic N) is 1. The number of anilines is 1. The van der Waals surface area contributed by atoms with Crippen LogP contribution in [0.5, 0.6) is 5.75 Å². The van der Waals surface area contributed by atoms with Crippen molar-refractivity contribution in [3.63, 3.8) is 0 Å². The lowest BCUT2D eigenvalue weighted by molar-refractivity contribution is 0.339. The van der Waals surface area contributed by atoms with Gasteiger partial charge in [0.15, 0.2) is 4.34 Å². The van der Waals surface area contributed by atoms with E-state index in [1.54, 1.807) is 23.1 Å². The van der Waals surface area contributed by atoms with E-state index in [0.717, 1.165) is 38.4 Å². The van der Waals surface area contributed by atoms with Crippen molar-refractivity contribution in [2.45, 2.75) is 10.3 Å². The van der Waals surface area contributed by atoms with E-state index in [1.807, 2.05) is 30.3 Å². The molecule has 2 aromatic carbocycles. The molecule has 0 fully saturated rings. The van der Waals surface area contributed by atoms with Gasteiger partial charge in [-0.25, -0.2) is 4.98 Å². The Kier molecular flexibility index (Phi) is 3.24. The molecule has 0 saturated heterocycles. The third kappa shape index (κ3) is 2.47. The summed E-state index contributed by atoms with van der Waals surface area (Å²) in [6.45, 7) is 0.768. The molecule has 1 atom stereocenters. The fourth-order valence-corrected chi connectivity index (χ4v) is 4.76. The summed E-state index contributed by atoms with van der Waals surface area (Å²) in [6.07, 6.45) is 0. The molecule has 1 aliphatic heterocycles. The lowest BCUT2D eigenvalue weighted by Crippen LogP contribution is -2.03. The second-order valence-electron chi connectivity index (χ2n) is 5.06. The predicted molar refractivity (Wildman–Crippen MR) is 89.4 cm³/mol. The van der Waals surface area contributed by atoms with Crippen molar-refractivity contribution in [3.05, 3.63) is 48.0 Å². The SMILES string of the molecule is Nc1ccc2nc(SCC3COc4ccccc43)sc2c1. The van der Waals surface area contributed by atoms with Crippen molar-refractivity contribution in [1.82, 2.24) is 4.98 Å². The van der Waals surface area contributed by atoms with Crippen LogP contribution >= 0.6 is 23.1 Å². The van der Waals surface area contributed by atoms with Gasteiger partial charge in [-0.05, 0) is 24.3 Å². The van der Waals surface area contributed by atoms with Crippen LogP contribution in [-0.2, 0) is 0 Å². The average molecular weight is 314 g/mol. The number of aromatic nitrogens is 1. The number of nitrogens with two attached hydrogens (primary N) is 1. The van der Waals surface area contributed by atoms with Crippen molar-refractivity contribution in [2.75, 3.05) is 18.1 Å². The summed E-state index contributed by atoms with van der Waals surface area (Å²) < 4.78 is 7.98. The molecule has 1 aromatic heterocycles. The number of hydrogen-bond donors (Lipinski definition) is 1. The van der Waals surface area contributed by atoms with Crippen LogP contribution in [0.3, 0.4) is 0 Å². The van der Waals surface area contributed by atoms with Gasteiger partial charge < -0.3 is 10.5 Å². The molecule has 1 aliphatic rings. The zero-order valence-corrected chi connectivity index (χ0v) is 12.9. The number of rotatable bonds is 3. The van der Waals surface area contributed by atoms with E-state index >= 15 is 0 Å². The topological polar surface area (TPSA) is 48.1 Å². The number of nitrogen functional groups attached to an aromatic ring is 1. The van der Waals surface area contributed by atoms with Crippen LogP contribution in [0.1, 0.15) is 11.5 Å². The Morgan fingerprint density at radius 1 is 1.29 bits per heavy atom. The fourth-order valence-electron chi connectivity index (χ4n) is 2.52. The maximum absolute atomic E-state index is 5.82. The quantitative estimate of drug-likeness (QED) is 0.583. The van der Waals surface area contributed by atoms with E-state index in [0.29, 0.717) is 5.92 Å². The van der Waals surface area contributed by atoms with E-state index in [4.69, 9.17) is 10.5 Å². The van der Waals surface area contributed by atoms with Gasteiger partial charge in [-0.1, -0.05) is 30.0 Å². The van der Waals surface area contributed by atoms with E-state index in [2.05, 4.69) is 17.1 Å². The Balaban J connectivity index is 1.51. The smallest absolute Gasteiger partial charge is 0.151 e. The largest absolute Gasteiger partial charge is 0.493 e. The number of para-hydroxylation sites is 1. The third-order valence-corrected chi connectivity index (χ3v) is 5.92.